The zero-order chi connectivity index (χ0) is 18.7. The average Bonchev–Trinajstić information content (AvgIpc) is 2.94. The number of phenols is 1. The average molecular weight is 388 g/mol. The fourth-order valence-corrected chi connectivity index (χ4v) is 3.44. The number of methoxy groups -OCH3 is 1. The number of carbonyl (C=O) groups is 1. The number of carbonyl (C=O) groups excluding carboxylic acids is 1. The van der Waals surface area contributed by atoms with Gasteiger partial charge in [0.1, 0.15) is 0 Å². The highest BCUT2D eigenvalue weighted by Gasteiger charge is 2.07. The predicted octanol–water partition coefficient (Wildman–Crippen LogP) is 2.30. The summed E-state index contributed by atoms with van der Waals surface area (Å²) in [6.45, 7) is 0. The fourth-order valence-electron chi connectivity index (χ4n) is 2.33. The molecule has 3 rings (SSSR count). The van der Waals surface area contributed by atoms with Crippen LogP contribution in [0.5, 0.6) is 11.5 Å². The van der Waals surface area contributed by atoms with Crippen LogP contribution in [-0.4, -0.2) is 23.0 Å². The second-order valence-corrected chi connectivity index (χ2v) is 6.84. The number of ether oxygens (including phenoxy) is 1. The Morgan fingerprint density at radius 2 is 2.04 bits per heavy atom. The van der Waals surface area contributed by atoms with Crippen LogP contribution in [0.1, 0.15) is 15.9 Å². The molecule has 1 aromatic heterocycles. The van der Waals surface area contributed by atoms with Gasteiger partial charge in [-0.1, -0.05) is 29.8 Å². The number of aromatic amines is 1. The number of thiazole rings is 1. The van der Waals surface area contributed by atoms with Crippen LogP contribution in [0.3, 0.4) is 0 Å². The molecule has 0 spiro atoms. The number of rotatable bonds is 4. The van der Waals surface area contributed by atoms with Crippen molar-refractivity contribution in [2.24, 2.45) is 0 Å². The lowest BCUT2D eigenvalue weighted by molar-refractivity contribution is 0.106. The van der Waals surface area contributed by atoms with Crippen LogP contribution in [0.25, 0.3) is 12.2 Å². The van der Waals surface area contributed by atoms with Gasteiger partial charge in [0.25, 0.3) is 5.56 Å². The standard InChI is InChI=1S/C19H14ClNO4S/c1-25-16-7-6-11(8-15(16)23)9-17-19(24)21-18(26-17)10-14(22)12-4-2-3-5-13(12)20/h2-10,23H,1H3,(H,21,24)/b17-9-,18-10-. The summed E-state index contributed by atoms with van der Waals surface area (Å²) in [6.07, 6.45) is 2.97. The van der Waals surface area contributed by atoms with Crippen LogP contribution >= 0.6 is 22.9 Å². The third kappa shape index (κ3) is 3.87. The van der Waals surface area contributed by atoms with Crippen LogP contribution in [0.4, 0.5) is 0 Å². The van der Waals surface area contributed by atoms with Crippen molar-refractivity contribution in [3.63, 3.8) is 0 Å². The van der Waals surface area contributed by atoms with E-state index < -0.39 is 0 Å². The van der Waals surface area contributed by atoms with Gasteiger partial charge < -0.3 is 14.8 Å². The Morgan fingerprint density at radius 3 is 2.73 bits per heavy atom. The van der Waals surface area contributed by atoms with E-state index in [1.165, 1.54) is 19.3 Å². The van der Waals surface area contributed by atoms with Crippen molar-refractivity contribution in [1.29, 1.82) is 0 Å². The van der Waals surface area contributed by atoms with E-state index in [-0.39, 0.29) is 17.1 Å². The minimum Gasteiger partial charge on any atom is -0.504 e. The quantitative estimate of drug-likeness (QED) is 0.673. The highest BCUT2D eigenvalue weighted by molar-refractivity contribution is 7.07. The number of halogens is 1. The number of hydrogen-bond donors (Lipinski definition) is 2. The molecule has 0 radical (unpaired) electrons. The maximum atomic E-state index is 12.3. The molecule has 0 fully saturated rings. The van der Waals surface area contributed by atoms with Gasteiger partial charge in [0.15, 0.2) is 17.3 Å². The number of nitrogens with one attached hydrogen (secondary N) is 1. The van der Waals surface area contributed by atoms with Gasteiger partial charge in [0, 0.05) is 11.6 Å². The van der Waals surface area contributed by atoms with Crippen LogP contribution in [0, 0.1) is 0 Å². The molecule has 132 valence electrons. The van der Waals surface area contributed by atoms with Gasteiger partial charge >= 0.3 is 0 Å². The van der Waals surface area contributed by atoms with Crippen LogP contribution in [0.2, 0.25) is 5.02 Å². The first-order valence-corrected chi connectivity index (χ1v) is 8.76. The minimum atomic E-state index is -0.316. The molecule has 0 bridgehead atoms. The number of benzene rings is 2. The summed E-state index contributed by atoms with van der Waals surface area (Å²) in [5, 5.41) is 10.2. The lowest BCUT2D eigenvalue weighted by atomic mass is 10.1. The molecule has 26 heavy (non-hydrogen) atoms. The summed E-state index contributed by atoms with van der Waals surface area (Å²) in [5.41, 5.74) is 0.692. The maximum absolute atomic E-state index is 12.3. The highest BCUT2D eigenvalue weighted by atomic mass is 35.5. The molecule has 2 aromatic carbocycles. The van der Waals surface area contributed by atoms with Gasteiger partial charge in [-0.05, 0) is 35.9 Å². The number of hydrogen-bond acceptors (Lipinski definition) is 5. The van der Waals surface area contributed by atoms with E-state index in [1.807, 2.05) is 0 Å². The number of aromatic nitrogens is 1. The first-order chi connectivity index (χ1) is 12.5. The molecule has 0 saturated carbocycles. The molecule has 0 saturated heterocycles. The van der Waals surface area contributed by atoms with Gasteiger partial charge in [0.05, 0.1) is 21.3 Å². The van der Waals surface area contributed by atoms with E-state index in [0.717, 1.165) is 11.3 Å². The Balaban J connectivity index is 1.99. The second-order valence-electron chi connectivity index (χ2n) is 5.35. The van der Waals surface area contributed by atoms with Crippen molar-refractivity contribution < 1.29 is 14.6 Å². The van der Waals surface area contributed by atoms with Gasteiger partial charge in [0.2, 0.25) is 0 Å². The fraction of sp³-hybridized carbons (Fsp3) is 0.0526. The Bertz CT molecular complexity index is 1150. The molecule has 0 atom stereocenters. The van der Waals surface area contributed by atoms with Crippen LogP contribution in [-0.2, 0) is 0 Å². The lowest BCUT2D eigenvalue weighted by Crippen LogP contribution is -2.20. The van der Waals surface area contributed by atoms with Crippen LogP contribution < -0.4 is 19.5 Å². The summed E-state index contributed by atoms with van der Waals surface area (Å²) < 4.78 is 5.82. The van der Waals surface area contributed by atoms with E-state index >= 15 is 0 Å². The molecule has 0 unspecified atom stereocenters. The van der Waals surface area contributed by atoms with E-state index in [9.17, 15) is 14.7 Å². The summed E-state index contributed by atoms with van der Waals surface area (Å²) in [6, 6.07) is 11.5. The van der Waals surface area contributed by atoms with Crippen molar-refractivity contribution in [2.45, 2.75) is 0 Å². The van der Waals surface area contributed by atoms with Crippen molar-refractivity contribution in [3.8, 4) is 11.5 Å². The molecule has 1 heterocycles. The van der Waals surface area contributed by atoms with E-state index in [2.05, 4.69) is 4.98 Å². The SMILES string of the molecule is COc1ccc(/C=c2\s/c(=C\C(=O)c3ccccc3Cl)[nH]c2=O)cc1O. The monoisotopic (exact) mass is 387 g/mol. The lowest BCUT2D eigenvalue weighted by Gasteiger charge is -2.02. The zero-order valence-corrected chi connectivity index (χ0v) is 15.2. The maximum Gasteiger partial charge on any atom is 0.266 e. The highest BCUT2D eigenvalue weighted by Crippen LogP contribution is 2.26. The molecule has 0 amide bonds. The summed E-state index contributed by atoms with van der Waals surface area (Å²) in [4.78, 5) is 27.1. The Kier molecular flexibility index (Phi) is 5.25. The Morgan fingerprint density at radius 1 is 1.27 bits per heavy atom. The molecule has 2 N–H and O–H groups in total. The van der Waals surface area contributed by atoms with Crippen molar-refractivity contribution in [3.05, 3.63) is 78.2 Å². The summed E-state index contributed by atoms with van der Waals surface area (Å²) >= 11 is 7.16. The molecule has 5 nitrogen and oxygen atoms in total. The summed E-state index contributed by atoms with van der Waals surface area (Å²) in [5.74, 6) is 0.0401. The number of Topliss-reactive ketones (excluding diaryl/α,β-unsaturated/α-hetero) is 1. The van der Waals surface area contributed by atoms with E-state index in [1.54, 1.807) is 42.5 Å². The third-order valence-electron chi connectivity index (χ3n) is 3.58. The number of phenolic OH excluding ortho intramolecular Hbond substituents is 1. The smallest absolute Gasteiger partial charge is 0.266 e. The Hall–Kier alpha value is -2.83. The van der Waals surface area contributed by atoms with Crippen LogP contribution in [0.15, 0.2) is 47.3 Å². The first-order valence-electron chi connectivity index (χ1n) is 7.56. The number of H-pyrrole nitrogens is 1. The van der Waals surface area contributed by atoms with Gasteiger partial charge in [-0.25, -0.2) is 0 Å². The predicted molar refractivity (Wildman–Crippen MR) is 103 cm³/mol. The zero-order valence-electron chi connectivity index (χ0n) is 13.7. The van der Waals surface area contributed by atoms with Gasteiger partial charge in [-0.2, -0.15) is 0 Å². The van der Waals surface area contributed by atoms with E-state index in [0.29, 0.717) is 31.1 Å². The molecule has 0 aliphatic carbocycles. The topological polar surface area (TPSA) is 79.4 Å². The van der Waals surface area contributed by atoms with E-state index in [4.69, 9.17) is 16.3 Å². The normalized spacial score (nSPS) is 12.4. The molecule has 0 aliphatic rings. The molecule has 0 aliphatic heterocycles. The van der Waals surface area contributed by atoms with Crippen molar-refractivity contribution in [2.75, 3.05) is 7.11 Å². The number of ketones is 1. The largest absolute Gasteiger partial charge is 0.504 e. The summed E-state index contributed by atoms with van der Waals surface area (Å²) in [7, 11) is 1.46. The number of aromatic hydroxyl groups is 1. The van der Waals surface area contributed by atoms with Gasteiger partial charge in [-0.3, -0.25) is 9.59 Å². The van der Waals surface area contributed by atoms with Crippen molar-refractivity contribution >= 4 is 40.9 Å². The minimum absolute atomic E-state index is 0.0186. The first kappa shape index (κ1) is 18.0. The second kappa shape index (κ2) is 7.59. The molecule has 7 heteroatoms. The third-order valence-corrected chi connectivity index (χ3v) is 4.88. The van der Waals surface area contributed by atoms with Crippen molar-refractivity contribution in [1.82, 2.24) is 4.98 Å². The van der Waals surface area contributed by atoms with Gasteiger partial charge in [-0.15, -0.1) is 11.3 Å². The molecular weight excluding hydrogens is 374 g/mol. The Labute approximate surface area is 157 Å². The molecular formula is C19H14ClNO4S. The molecule has 3 aromatic rings.